The van der Waals surface area contributed by atoms with Crippen molar-refractivity contribution in [3.63, 3.8) is 0 Å². The topological polar surface area (TPSA) is 46.6 Å². The first kappa shape index (κ1) is 17.8. The number of ether oxygens (including phenoxy) is 1. The molecule has 4 nitrogen and oxygen atoms in total. The Hall–Kier alpha value is -1.98. The standard InChI is InChI=1S/C19H18ClNO3S/c1-12-3-5-13(6-4-12)17(22)21-16(19(23)24-2)11-25-18(21)14-7-9-15(20)10-8-14/h3-10,16,18H,11H2,1-2H3/t16-,18+/m1/s1. The molecule has 130 valence electrons. The van der Waals surface area contributed by atoms with Crippen LogP contribution in [0.25, 0.3) is 0 Å². The van der Waals surface area contributed by atoms with Crippen LogP contribution in [-0.4, -0.2) is 35.7 Å². The number of carbonyl (C=O) groups is 2. The maximum Gasteiger partial charge on any atom is 0.329 e. The molecule has 25 heavy (non-hydrogen) atoms. The number of amides is 1. The first-order valence-corrected chi connectivity index (χ1v) is 9.28. The zero-order valence-electron chi connectivity index (χ0n) is 13.9. The molecule has 2 atom stereocenters. The second kappa shape index (κ2) is 7.50. The largest absolute Gasteiger partial charge is 0.467 e. The molecule has 0 unspecified atom stereocenters. The van der Waals surface area contributed by atoms with Crippen LogP contribution in [-0.2, 0) is 9.53 Å². The average molecular weight is 376 g/mol. The molecule has 0 radical (unpaired) electrons. The molecule has 1 amide bonds. The van der Waals surface area contributed by atoms with Crippen LogP contribution in [0, 0.1) is 6.92 Å². The fraction of sp³-hybridized carbons (Fsp3) is 0.263. The summed E-state index contributed by atoms with van der Waals surface area (Å²) in [5.74, 6) is -0.0813. The lowest BCUT2D eigenvalue weighted by Crippen LogP contribution is -2.43. The lowest BCUT2D eigenvalue weighted by atomic mass is 10.1. The normalized spacial score (nSPS) is 19.7. The van der Waals surface area contributed by atoms with Gasteiger partial charge in [0.1, 0.15) is 11.4 Å². The fourth-order valence-corrected chi connectivity index (χ4v) is 4.34. The van der Waals surface area contributed by atoms with Gasteiger partial charge < -0.3 is 9.64 Å². The fourth-order valence-electron chi connectivity index (χ4n) is 2.80. The van der Waals surface area contributed by atoms with Gasteiger partial charge in [0, 0.05) is 16.3 Å². The number of thioether (sulfide) groups is 1. The zero-order chi connectivity index (χ0) is 18.0. The maximum absolute atomic E-state index is 13.1. The summed E-state index contributed by atoms with van der Waals surface area (Å²) >= 11 is 7.52. The predicted molar refractivity (Wildman–Crippen MR) is 99.8 cm³/mol. The Labute approximate surface area is 156 Å². The Morgan fingerprint density at radius 2 is 1.76 bits per heavy atom. The minimum atomic E-state index is -0.607. The smallest absolute Gasteiger partial charge is 0.329 e. The molecule has 2 aromatic carbocycles. The summed E-state index contributed by atoms with van der Waals surface area (Å²) in [6.07, 6.45) is 0. The van der Waals surface area contributed by atoms with E-state index in [9.17, 15) is 9.59 Å². The highest BCUT2D eigenvalue weighted by Gasteiger charge is 2.43. The van der Waals surface area contributed by atoms with Gasteiger partial charge in [-0.05, 0) is 36.8 Å². The third kappa shape index (κ3) is 3.67. The molecular formula is C19H18ClNO3S. The van der Waals surface area contributed by atoms with Crippen molar-refractivity contribution >= 4 is 35.2 Å². The van der Waals surface area contributed by atoms with Crippen LogP contribution in [0.1, 0.15) is 26.9 Å². The van der Waals surface area contributed by atoms with Crippen molar-refractivity contribution in [2.75, 3.05) is 12.9 Å². The number of halogens is 1. The van der Waals surface area contributed by atoms with Crippen LogP contribution in [0.2, 0.25) is 5.02 Å². The molecular weight excluding hydrogens is 358 g/mol. The Morgan fingerprint density at radius 3 is 2.36 bits per heavy atom. The zero-order valence-corrected chi connectivity index (χ0v) is 15.5. The Morgan fingerprint density at radius 1 is 1.12 bits per heavy atom. The van der Waals surface area contributed by atoms with Crippen LogP contribution in [0.3, 0.4) is 0 Å². The molecule has 2 aromatic rings. The van der Waals surface area contributed by atoms with E-state index in [0.29, 0.717) is 16.3 Å². The molecule has 0 aromatic heterocycles. The summed E-state index contributed by atoms with van der Waals surface area (Å²) in [6.45, 7) is 1.97. The van der Waals surface area contributed by atoms with Gasteiger partial charge in [-0.3, -0.25) is 4.79 Å². The van der Waals surface area contributed by atoms with Gasteiger partial charge in [0.05, 0.1) is 7.11 Å². The van der Waals surface area contributed by atoms with Crippen molar-refractivity contribution in [3.8, 4) is 0 Å². The van der Waals surface area contributed by atoms with Crippen LogP contribution >= 0.6 is 23.4 Å². The van der Waals surface area contributed by atoms with Gasteiger partial charge >= 0.3 is 5.97 Å². The van der Waals surface area contributed by atoms with Gasteiger partial charge in [0.2, 0.25) is 0 Å². The number of hydrogen-bond acceptors (Lipinski definition) is 4. The number of esters is 1. The Kier molecular flexibility index (Phi) is 5.35. The second-order valence-corrected chi connectivity index (χ2v) is 7.40. The average Bonchev–Trinajstić information content (AvgIpc) is 3.06. The van der Waals surface area contributed by atoms with Crippen LogP contribution in [0.15, 0.2) is 48.5 Å². The number of nitrogens with zero attached hydrogens (tertiary/aromatic N) is 1. The predicted octanol–water partition coefficient (Wildman–Crippen LogP) is 4.08. The van der Waals surface area contributed by atoms with Crippen molar-refractivity contribution < 1.29 is 14.3 Å². The van der Waals surface area contributed by atoms with Gasteiger partial charge in [-0.25, -0.2) is 4.79 Å². The van der Waals surface area contributed by atoms with Crippen molar-refractivity contribution in [1.29, 1.82) is 0 Å². The highest BCUT2D eigenvalue weighted by molar-refractivity contribution is 7.99. The van der Waals surface area contributed by atoms with Gasteiger partial charge in [-0.2, -0.15) is 0 Å². The van der Waals surface area contributed by atoms with Crippen molar-refractivity contribution in [2.45, 2.75) is 18.3 Å². The summed E-state index contributed by atoms with van der Waals surface area (Å²) in [6, 6.07) is 14.1. The number of rotatable bonds is 3. The first-order valence-electron chi connectivity index (χ1n) is 7.85. The number of benzene rings is 2. The lowest BCUT2D eigenvalue weighted by molar-refractivity contribution is -0.145. The molecule has 1 fully saturated rings. The molecule has 1 aliphatic heterocycles. The summed E-state index contributed by atoms with van der Waals surface area (Å²) < 4.78 is 4.91. The van der Waals surface area contributed by atoms with Crippen molar-refractivity contribution in [2.24, 2.45) is 0 Å². The number of carbonyl (C=O) groups excluding carboxylic acids is 2. The molecule has 1 aliphatic rings. The maximum atomic E-state index is 13.1. The summed E-state index contributed by atoms with van der Waals surface area (Å²) in [4.78, 5) is 26.9. The molecule has 0 N–H and O–H groups in total. The number of methoxy groups -OCH3 is 1. The van der Waals surface area contributed by atoms with Crippen LogP contribution in [0.4, 0.5) is 0 Å². The van der Waals surface area contributed by atoms with E-state index >= 15 is 0 Å². The van der Waals surface area contributed by atoms with Gasteiger partial charge in [-0.15, -0.1) is 11.8 Å². The highest BCUT2D eigenvalue weighted by Crippen LogP contribution is 2.42. The van der Waals surface area contributed by atoms with E-state index in [1.807, 2.05) is 31.2 Å². The van der Waals surface area contributed by atoms with E-state index in [2.05, 4.69) is 0 Å². The molecule has 1 heterocycles. The van der Waals surface area contributed by atoms with Crippen LogP contribution in [0.5, 0.6) is 0 Å². The third-order valence-corrected chi connectivity index (χ3v) is 5.74. The number of aryl methyl sites for hydroxylation is 1. The Balaban J connectivity index is 1.97. The lowest BCUT2D eigenvalue weighted by Gasteiger charge is -2.28. The summed E-state index contributed by atoms with van der Waals surface area (Å²) in [5, 5.41) is 0.378. The quantitative estimate of drug-likeness (QED) is 0.758. The van der Waals surface area contributed by atoms with E-state index in [1.54, 1.807) is 40.9 Å². The molecule has 0 bridgehead atoms. The second-order valence-electron chi connectivity index (χ2n) is 5.85. The SMILES string of the molecule is COC(=O)[C@H]1CS[C@@H](c2ccc(Cl)cc2)N1C(=O)c1ccc(C)cc1. The van der Waals surface area contributed by atoms with Crippen molar-refractivity contribution in [3.05, 3.63) is 70.2 Å². The highest BCUT2D eigenvalue weighted by atomic mass is 35.5. The number of hydrogen-bond donors (Lipinski definition) is 0. The Bertz CT molecular complexity index is 776. The summed E-state index contributed by atoms with van der Waals surface area (Å²) in [7, 11) is 1.34. The minimum absolute atomic E-state index is 0.180. The van der Waals surface area contributed by atoms with Crippen molar-refractivity contribution in [1.82, 2.24) is 4.90 Å². The van der Waals surface area contributed by atoms with E-state index in [1.165, 1.54) is 7.11 Å². The first-order chi connectivity index (χ1) is 12.0. The van der Waals surface area contributed by atoms with E-state index in [-0.39, 0.29) is 11.3 Å². The monoisotopic (exact) mass is 375 g/mol. The van der Waals surface area contributed by atoms with Gasteiger partial charge in [0.15, 0.2) is 0 Å². The molecule has 6 heteroatoms. The molecule has 0 saturated carbocycles. The van der Waals surface area contributed by atoms with E-state index < -0.39 is 12.0 Å². The molecule has 1 saturated heterocycles. The van der Waals surface area contributed by atoms with Gasteiger partial charge in [0.25, 0.3) is 5.91 Å². The van der Waals surface area contributed by atoms with Gasteiger partial charge in [-0.1, -0.05) is 41.4 Å². The van der Waals surface area contributed by atoms with Crippen LogP contribution < -0.4 is 0 Å². The molecule has 0 spiro atoms. The third-order valence-electron chi connectivity index (χ3n) is 4.16. The van der Waals surface area contributed by atoms with E-state index in [4.69, 9.17) is 16.3 Å². The summed E-state index contributed by atoms with van der Waals surface area (Å²) in [5.41, 5.74) is 2.56. The molecule has 0 aliphatic carbocycles. The minimum Gasteiger partial charge on any atom is -0.467 e. The van der Waals surface area contributed by atoms with E-state index in [0.717, 1.165) is 11.1 Å². The molecule has 3 rings (SSSR count).